The van der Waals surface area contributed by atoms with Crippen molar-refractivity contribution >= 4 is 15.9 Å². The fourth-order valence-corrected chi connectivity index (χ4v) is 2.41. The predicted molar refractivity (Wildman–Crippen MR) is 70.7 cm³/mol. The second kappa shape index (κ2) is 5.42. The van der Waals surface area contributed by atoms with Crippen LogP contribution >= 0.6 is 15.9 Å². The Labute approximate surface area is 109 Å². The summed E-state index contributed by atoms with van der Waals surface area (Å²) in [5.74, 6) is 0. The van der Waals surface area contributed by atoms with E-state index in [0.717, 1.165) is 22.4 Å². The van der Waals surface area contributed by atoms with Crippen molar-refractivity contribution in [2.45, 2.75) is 19.5 Å². The molecule has 4 nitrogen and oxygen atoms in total. The van der Waals surface area contributed by atoms with Crippen LogP contribution in [0.4, 0.5) is 0 Å². The van der Waals surface area contributed by atoms with E-state index < -0.39 is 0 Å². The van der Waals surface area contributed by atoms with Crippen LogP contribution in [0.15, 0.2) is 35.1 Å². The van der Waals surface area contributed by atoms with Gasteiger partial charge in [0.2, 0.25) is 0 Å². The molecule has 0 radical (unpaired) electrons. The zero-order valence-electron chi connectivity index (χ0n) is 9.89. The lowest BCUT2D eigenvalue weighted by molar-refractivity contribution is 0.554. The lowest BCUT2D eigenvalue weighted by Crippen LogP contribution is -2.22. The zero-order chi connectivity index (χ0) is 12.3. The molecule has 0 fully saturated rings. The topological polar surface area (TPSA) is 42.7 Å². The van der Waals surface area contributed by atoms with Crippen molar-refractivity contribution in [3.8, 4) is 0 Å². The highest BCUT2D eigenvalue weighted by Gasteiger charge is 2.20. The van der Waals surface area contributed by atoms with Crippen molar-refractivity contribution in [1.29, 1.82) is 0 Å². The van der Waals surface area contributed by atoms with Gasteiger partial charge in [0.25, 0.3) is 0 Å². The Kier molecular flexibility index (Phi) is 3.91. The molecule has 0 aromatic carbocycles. The molecule has 0 aliphatic carbocycles. The van der Waals surface area contributed by atoms with Gasteiger partial charge in [0, 0.05) is 12.7 Å². The van der Waals surface area contributed by atoms with Gasteiger partial charge in [-0.1, -0.05) is 6.07 Å². The van der Waals surface area contributed by atoms with E-state index in [-0.39, 0.29) is 6.04 Å². The highest BCUT2D eigenvalue weighted by Crippen LogP contribution is 2.27. The third-order valence-electron chi connectivity index (χ3n) is 2.68. The van der Waals surface area contributed by atoms with E-state index in [0.29, 0.717) is 0 Å². The molecule has 0 aliphatic rings. The molecule has 1 unspecified atom stereocenters. The molecule has 1 N–H and O–H groups in total. The molecule has 2 rings (SSSR count). The number of nitrogens with zero attached hydrogens (tertiary/aromatic N) is 3. The minimum atomic E-state index is 0.0491. The summed E-state index contributed by atoms with van der Waals surface area (Å²) < 4.78 is 2.98. The molecule has 17 heavy (non-hydrogen) atoms. The van der Waals surface area contributed by atoms with E-state index in [9.17, 15) is 0 Å². The van der Waals surface area contributed by atoms with Gasteiger partial charge < -0.3 is 5.32 Å². The molecular weight excluding hydrogens is 280 g/mol. The van der Waals surface area contributed by atoms with E-state index in [1.54, 1.807) is 6.20 Å². The molecule has 2 heterocycles. The Balaban J connectivity index is 2.45. The van der Waals surface area contributed by atoms with Crippen LogP contribution in [0.25, 0.3) is 0 Å². The summed E-state index contributed by atoms with van der Waals surface area (Å²) in [5.41, 5.74) is 2.10. The lowest BCUT2D eigenvalue weighted by atomic mass is 10.1. The van der Waals surface area contributed by atoms with Gasteiger partial charge in [-0.15, -0.1) is 0 Å². The fraction of sp³-hybridized carbons (Fsp3) is 0.333. The van der Waals surface area contributed by atoms with Crippen LogP contribution < -0.4 is 5.32 Å². The molecule has 0 saturated carbocycles. The summed E-state index contributed by atoms with van der Waals surface area (Å²) in [4.78, 5) is 4.40. The predicted octanol–water partition coefficient (Wildman–Crippen LogP) is 2.37. The van der Waals surface area contributed by atoms with Crippen molar-refractivity contribution in [3.05, 3.63) is 46.5 Å². The van der Waals surface area contributed by atoms with Crippen LogP contribution in [0.2, 0.25) is 0 Å². The van der Waals surface area contributed by atoms with Crippen molar-refractivity contribution in [2.24, 2.45) is 0 Å². The van der Waals surface area contributed by atoms with Gasteiger partial charge >= 0.3 is 0 Å². The van der Waals surface area contributed by atoms with Crippen molar-refractivity contribution in [3.63, 3.8) is 0 Å². The molecule has 0 saturated heterocycles. The smallest absolute Gasteiger partial charge is 0.0931 e. The third kappa shape index (κ3) is 2.40. The Morgan fingerprint density at radius 2 is 2.29 bits per heavy atom. The number of pyridine rings is 1. The van der Waals surface area contributed by atoms with Gasteiger partial charge in [-0.2, -0.15) is 5.10 Å². The Bertz CT molecular complexity index is 481. The average molecular weight is 295 g/mol. The van der Waals surface area contributed by atoms with Crippen molar-refractivity contribution in [1.82, 2.24) is 20.1 Å². The van der Waals surface area contributed by atoms with E-state index >= 15 is 0 Å². The fourth-order valence-electron chi connectivity index (χ4n) is 1.88. The maximum absolute atomic E-state index is 4.40. The first-order valence-electron chi connectivity index (χ1n) is 5.57. The summed E-state index contributed by atoms with van der Waals surface area (Å²) in [7, 11) is 1.93. The maximum Gasteiger partial charge on any atom is 0.0931 e. The molecule has 0 amide bonds. The van der Waals surface area contributed by atoms with Crippen molar-refractivity contribution < 1.29 is 0 Å². The molecule has 0 aliphatic heterocycles. The number of hydrogen-bond acceptors (Lipinski definition) is 3. The zero-order valence-corrected chi connectivity index (χ0v) is 11.5. The van der Waals surface area contributed by atoms with E-state index in [1.807, 2.05) is 36.1 Å². The normalized spacial score (nSPS) is 12.6. The van der Waals surface area contributed by atoms with Crippen LogP contribution in [-0.2, 0) is 6.54 Å². The highest BCUT2D eigenvalue weighted by molar-refractivity contribution is 9.10. The first-order chi connectivity index (χ1) is 8.27. The molecule has 0 bridgehead atoms. The van der Waals surface area contributed by atoms with E-state index in [2.05, 4.69) is 38.3 Å². The third-order valence-corrected chi connectivity index (χ3v) is 3.29. The summed E-state index contributed by atoms with van der Waals surface area (Å²) in [5, 5.41) is 7.61. The van der Waals surface area contributed by atoms with Crippen LogP contribution in [0.1, 0.15) is 24.4 Å². The number of aromatic nitrogens is 3. The highest BCUT2D eigenvalue weighted by atomic mass is 79.9. The molecule has 2 aromatic heterocycles. The molecule has 1 atom stereocenters. The molecule has 2 aromatic rings. The summed E-state index contributed by atoms with van der Waals surface area (Å²) >= 11 is 3.55. The molecule has 0 spiro atoms. The van der Waals surface area contributed by atoms with Gasteiger partial charge in [0.15, 0.2) is 0 Å². The summed E-state index contributed by atoms with van der Waals surface area (Å²) in [6.07, 6.45) is 3.63. The van der Waals surface area contributed by atoms with Gasteiger partial charge in [-0.25, -0.2) is 0 Å². The first-order valence-corrected chi connectivity index (χ1v) is 6.36. The number of nitrogens with one attached hydrogen (secondary N) is 1. The van der Waals surface area contributed by atoms with Crippen LogP contribution in [-0.4, -0.2) is 21.8 Å². The molecule has 5 heteroatoms. The quantitative estimate of drug-likeness (QED) is 0.941. The summed E-state index contributed by atoms with van der Waals surface area (Å²) in [6, 6.07) is 5.98. The molecule has 90 valence electrons. The van der Waals surface area contributed by atoms with Crippen LogP contribution in [0.3, 0.4) is 0 Å². The second-order valence-electron chi connectivity index (χ2n) is 3.67. The van der Waals surface area contributed by atoms with Gasteiger partial charge in [-0.05, 0) is 42.0 Å². The Morgan fingerprint density at radius 1 is 1.47 bits per heavy atom. The Hall–Kier alpha value is -1.20. The standard InChI is InChI=1S/C12H15BrN4/c1-3-17-12(9(13)8-16-17)11(14-2)10-6-4-5-7-15-10/h4-8,11,14H,3H2,1-2H3. The Morgan fingerprint density at radius 3 is 2.88 bits per heavy atom. The summed E-state index contributed by atoms with van der Waals surface area (Å²) in [6.45, 7) is 2.92. The van der Waals surface area contributed by atoms with Crippen molar-refractivity contribution in [2.75, 3.05) is 7.05 Å². The number of hydrogen-bond donors (Lipinski definition) is 1. The van der Waals surface area contributed by atoms with Gasteiger partial charge in [0.1, 0.15) is 0 Å². The average Bonchev–Trinajstić information content (AvgIpc) is 2.74. The first kappa shape index (κ1) is 12.3. The molecular formula is C12H15BrN4. The lowest BCUT2D eigenvalue weighted by Gasteiger charge is -2.17. The number of aryl methyl sites for hydroxylation is 1. The monoisotopic (exact) mass is 294 g/mol. The number of halogens is 1. The van der Waals surface area contributed by atoms with Gasteiger partial charge in [-0.3, -0.25) is 9.67 Å². The second-order valence-corrected chi connectivity index (χ2v) is 4.52. The van der Waals surface area contributed by atoms with Crippen LogP contribution in [0, 0.1) is 0 Å². The van der Waals surface area contributed by atoms with E-state index in [4.69, 9.17) is 0 Å². The van der Waals surface area contributed by atoms with Gasteiger partial charge in [0.05, 0.1) is 28.1 Å². The minimum Gasteiger partial charge on any atom is -0.307 e. The number of rotatable bonds is 4. The van der Waals surface area contributed by atoms with E-state index in [1.165, 1.54) is 0 Å². The maximum atomic E-state index is 4.40. The van der Waals surface area contributed by atoms with Crippen LogP contribution in [0.5, 0.6) is 0 Å². The largest absolute Gasteiger partial charge is 0.307 e. The SMILES string of the molecule is CCn1ncc(Br)c1C(NC)c1ccccn1. The minimum absolute atomic E-state index is 0.0491.